The van der Waals surface area contributed by atoms with Crippen LogP contribution in [0.1, 0.15) is 41.3 Å². The zero-order chi connectivity index (χ0) is 17.2. The van der Waals surface area contributed by atoms with Crippen molar-refractivity contribution in [3.8, 4) is 0 Å². The molecule has 126 valence electrons. The van der Waals surface area contributed by atoms with Crippen molar-refractivity contribution < 1.29 is 18.8 Å². The van der Waals surface area contributed by atoms with Gasteiger partial charge in [-0.25, -0.2) is 4.79 Å². The summed E-state index contributed by atoms with van der Waals surface area (Å²) in [5.41, 5.74) is 2.81. The Labute approximate surface area is 138 Å². The summed E-state index contributed by atoms with van der Waals surface area (Å²) >= 11 is 0. The molecule has 5 nitrogen and oxygen atoms in total. The summed E-state index contributed by atoms with van der Waals surface area (Å²) < 4.78 is 5.61. The maximum Gasteiger partial charge on any atom is 0.339 e. The van der Waals surface area contributed by atoms with Crippen LogP contribution in [-0.4, -0.2) is 49.6 Å². The minimum absolute atomic E-state index is 0.0495. The van der Waals surface area contributed by atoms with Crippen LogP contribution in [0.4, 0.5) is 5.69 Å². The highest BCUT2D eigenvalue weighted by Crippen LogP contribution is 2.26. The molecule has 1 amide bonds. The SMILES string of the molecule is COC(=O)c1cc(C)cc(C)c1NC(=O)C(C)[N+]1(C)CCCC1. The molecule has 1 aliphatic heterocycles. The Morgan fingerprint density at radius 3 is 2.39 bits per heavy atom. The van der Waals surface area contributed by atoms with Gasteiger partial charge in [0.15, 0.2) is 6.04 Å². The van der Waals surface area contributed by atoms with Crippen molar-refractivity contribution >= 4 is 17.6 Å². The number of nitrogens with one attached hydrogen (secondary N) is 1. The number of hydrogen-bond acceptors (Lipinski definition) is 3. The molecule has 1 atom stereocenters. The van der Waals surface area contributed by atoms with Gasteiger partial charge >= 0.3 is 5.97 Å². The predicted octanol–water partition coefficient (Wildman–Crippen LogP) is 2.66. The lowest BCUT2D eigenvalue weighted by Gasteiger charge is -2.35. The predicted molar refractivity (Wildman–Crippen MR) is 90.5 cm³/mol. The number of quaternary nitrogens is 1. The van der Waals surface area contributed by atoms with E-state index in [4.69, 9.17) is 4.74 Å². The average molecular weight is 319 g/mol. The van der Waals surface area contributed by atoms with Gasteiger partial charge in [-0.2, -0.15) is 0 Å². The molecule has 1 N–H and O–H groups in total. The van der Waals surface area contributed by atoms with Crippen LogP contribution in [0.15, 0.2) is 12.1 Å². The molecule has 2 rings (SSSR count). The van der Waals surface area contributed by atoms with Crippen LogP contribution in [0.25, 0.3) is 0 Å². The van der Waals surface area contributed by atoms with E-state index >= 15 is 0 Å². The first-order chi connectivity index (χ1) is 10.8. The number of nitrogens with zero attached hydrogens (tertiary/aromatic N) is 1. The van der Waals surface area contributed by atoms with Crippen LogP contribution in [0, 0.1) is 13.8 Å². The largest absolute Gasteiger partial charge is 0.465 e. The molecule has 0 saturated carbocycles. The second-order valence-corrected chi connectivity index (χ2v) is 6.79. The third kappa shape index (κ3) is 3.55. The molecule has 0 bridgehead atoms. The summed E-state index contributed by atoms with van der Waals surface area (Å²) in [6, 6.07) is 3.56. The minimum atomic E-state index is -0.429. The van der Waals surface area contributed by atoms with E-state index in [0.717, 1.165) is 41.5 Å². The van der Waals surface area contributed by atoms with Gasteiger partial charge in [0.2, 0.25) is 0 Å². The smallest absolute Gasteiger partial charge is 0.339 e. The monoisotopic (exact) mass is 319 g/mol. The summed E-state index contributed by atoms with van der Waals surface area (Å²) in [4.78, 5) is 24.8. The molecule has 1 saturated heterocycles. The van der Waals surface area contributed by atoms with Crippen molar-refractivity contribution in [3.63, 3.8) is 0 Å². The first-order valence-corrected chi connectivity index (χ1v) is 8.13. The molecule has 23 heavy (non-hydrogen) atoms. The van der Waals surface area contributed by atoms with Gasteiger partial charge in [0.05, 0.1) is 38.5 Å². The lowest BCUT2D eigenvalue weighted by molar-refractivity contribution is -0.911. The maximum absolute atomic E-state index is 12.7. The number of hydrogen-bond donors (Lipinski definition) is 1. The Kier molecular flexibility index (Phi) is 5.09. The van der Waals surface area contributed by atoms with Gasteiger partial charge in [0.25, 0.3) is 5.91 Å². The van der Waals surface area contributed by atoms with Crippen molar-refractivity contribution in [2.75, 3.05) is 32.6 Å². The fraction of sp³-hybridized carbons (Fsp3) is 0.556. The van der Waals surface area contributed by atoms with Gasteiger partial charge < -0.3 is 14.5 Å². The van der Waals surface area contributed by atoms with Crippen LogP contribution in [0.2, 0.25) is 0 Å². The van der Waals surface area contributed by atoms with E-state index < -0.39 is 5.97 Å². The van der Waals surface area contributed by atoms with E-state index in [1.807, 2.05) is 26.8 Å². The normalized spacial score (nSPS) is 17.6. The van der Waals surface area contributed by atoms with Gasteiger partial charge in [-0.3, -0.25) is 4.79 Å². The Morgan fingerprint density at radius 2 is 1.83 bits per heavy atom. The number of carbonyl (C=O) groups is 2. The zero-order valence-electron chi connectivity index (χ0n) is 14.7. The Morgan fingerprint density at radius 1 is 1.22 bits per heavy atom. The van der Waals surface area contributed by atoms with E-state index in [0.29, 0.717) is 11.3 Å². The number of ether oxygens (including phenoxy) is 1. The Bertz CT molecular complexity index is 619. The van der Waals surface area contributed by atoms with Crippen molar-refractivity contribution in [2.24, 2.45) is 0 Å². The van der Waals surface area contributed by atoms with E-state index in [-0.39, 0.29) is 11.9 Å². The molecule has 1 aromatic carbocycles. The Balaban J connectivity index is 2.28. The minimum Gasteiger partial charge on any atom is -0.465 e. The number of benzene rings is 1. The molecule has 1 unspecified atom stereocenters. The molecular weight excluding hydrogens is 292 g/mol. The van der Waals surface area contributed by atoms with E-state index in [9.17, 15) is 9.59 Å². The molecule has 5 heteroatoms. The quantitative estimate of drug-likeness (QED) is 0.686. The highest BCUT2D eigenvalue weighted by Gasteiger charge is 2.37. The number of aryl methyl sites for hydroxylation is 2. The number of anilines is 1. The fourth-order valence-corrected chi connectivity index (χ4v) is 3.36. The number of likely N-dealkylation sites (N-methyl/N-ethyl adjacent to an activating group) is 1. The summed E-state index contributed by atoms with van der Waals surface area (Å²) in [6.07, 6.45) is 2.32. The van der Waals surface area contributed by atoms with Gasteiger partial charge in [-0.05, 0) is 38.0 Å². The number of esters is 1. The molecule has 1 aliphatic rings. The molecule has 0 spiro atoms. The first kappa shape index (κ1) is 17.5. The molecule has 0 radical (unpaired) electrons. The summed E-state index contributed by atoms with van der Waals surface area (Å²) in [5, 5.41) is 2.97. The Hall–Kier alpha value is -1.88. The van der Waals surface area contributed by atoms with Gasteiger partial charge in [0.1, 0.15) is 0 Å². The highest BCUT2D eigenvalue weighted by atomic mass is 16.5. The summed E-state index contributed by atoms with van der Waals surface area (Å²) in [7, 11) is 3.48. The lowest BCUT2D eigenvalue weighted by atomic mass is 10.0. The van der Waals surface area contributed by atoms with Crippen molar-refractivity contribution in [3.05, 3.63) is 28.8 Å². The third-order valence-corrected chi connectivity index (χ3v) is 5.04. The van der Waals surface area contributed by atoms with Crippen LogP contribution >= 0.6 is 0 Å². The molecule has 0 aromatic heterocycles. The number of rotatable bonds is 4. The first-order valence-electron chi connectivity index (χ1n) is 8.13. The number of carbonyl (C=O) groups excluding carboxylic acids is 2. The van der Waals surface area contributed by atoms with Gasteiger partial charge in [0, 0.05) is 12.8 Å². The van der Waals surface area contributed by atoms with E-state index in [2.05, 4.69) is 12.4 Å². The van der Waals surface area contributed by atoms with Gasteiger partial charge in [-0.15, -0.1) is 0 Å². The van der Waals surface area contributed by atoms with Crippen molar-refractivity contribution in [1.29, 1.82) is 0 Å². The van der Waals surface area contributed by atoms with Crippen molar-refractivity contribution in [1.82, 2.24) is 0 Å². The fourth-order valence-electron chi connectivity index (χ4n) is 3.36. The molecule has 1 heterocycles. The second-order valence-electron chi connectivity index (χ2n) is 6.79. The second kappa shape index (κ2) is 6.71. The standard InChI is InChI=1S/C18H26N2O3/c1-12-10-13(2)16(15(11-12)18(22)23-5)19-17(21)14(3)20(4)8-6-7-9-20/h10-11,14H,6-9H2,1-5H3/p+1. The summed E-state index contributed by atoms with van der Waals surface area (Å²) in [6.45, 7) is 7.81. The summed E-state index contributed by atoms with van der Waals surface area (Å²) in [5.74, 6) is -0.479. The van der Waals surface area contributed by atoms with E-state index in [1.165, 1.54) is 7.11 Å². The molecule has 0 aliphatic carbocycles. The maximum atomic E-state index is 12.7. The molecular formula is C18H27N2O3+. The number of amides is 1. The highest BCUT2D eigenvalue weighted by molar-refractivity contribution is 6.03. The van der Waals surface area contributed by atoms with Crippen molar-refractivity contribution in [2.45, 2.75) is 39.7 Å². The molecule has 1 aromatic rings. The van der Waals surface area contributed by atoms with Gasteiger partial charge in [-0.1, -0.05) is 6.07 Å². The van der Waals surface area contributed by atoms with Crippen LogP contribution in [-0.2, 0) is 9.53 Å². The topological polar surface area (TPSA) is 55.4 Å². The van der Waals surface area contributed by atoms with Crippen LogP contribution in [0.3, 0.4) is 0 Å². The number of likely N-dealkylation sites (tertiary alicyclic amines) is 1. The van der Waals surface area contributed by atoms with Crippen LogP contribution in [0.5, 0.6) is 0 Å². The van der Waals surface area contributed by atoms with E-state index in [1.54, 1.807) is 6.07 Å². The van der Waals surface area contributed by atoms with Crippen LogP contribution < -0.4 is 5.32 Å². The molecule has 1 fully saturated rings. The third-order valence-electron chi connectivity index (χ3n) is 5.04. The average Bonchev–Trinajstić information content (AvgIpc) is 2.95. The zero-order valence-corrected chi connectivity index (χ0v) is 14.7. The number of methoxy groups -OCH3 is 1. The lowest BCUT2D eigenvalue weighted by Crippen LogP contribution is -2.54.